The monoisotopic (exact) mass is 205 g/mol. The summed E-state index contributed by atoms with van der Waals surface area (Å²) in [4.78, 5) is 4.76. The van der Waals surface area contributed by atoms with Gasteiger partial charge in [-0.1, -0.05) is 18.2 Å². The van der Waals surface area contributed by atoms with Crippen LogP contribution in [0.1, 0.15) is 0 Å². The largest absolute Gasteiger partial charge is 0.365 e. The van der Waals surface area contributed by atoms with E-state index in [-0.39, 0.29) is 0 Å². The molecule has 1 aliphatic heterocycles. The van der Waals surface area contributed by atoms with Gasteiger partial charge in [-0.2, -0.15) is 0 Å². The van der Waals surface area contributed by atoms with E-state index >= 15 is 0 Å². The Morgan fingerprint density at radius 2 is 2.00 bits per heavy atom. The van der Waals surface area contributed by atoms with Crippen molar-refractivity contribution in [1.29, 1.82) is 0 Å². The molecule has 1 unspecified atom stereocenters. The molecular weight excluding hydrogens is 186 g/mol. The standard InChI is InChI=1S/C12H19N3/c1-14-7-8-15(12(9-13)10-14)11-5-3-2-4-6-11/h2-6,12H,7-10,13H2,1H3. The van der Waals surface area contributed by atoms with E-state index in [9.17, 15) is 0 Å². The highest BCUT2D eigenvalue weighted by Gasteiger charge is 2.23. The van der Waals surface area contributed by atoms with Gasteiger partial charge in [-0.3, -0.25) is 0 Å². The number of hydrogen-bond acceptors (Lipinski definition) is 3. The van der Waals surface area contributed by atoms with Crippen molar-refractivity contribution in [3.05, 3.63) is 30.3 Å². The zero-order chi connectivity index (χ0) is 10.7. The molecule has 0 spiro atoms. The smallest absolute Gasteiger partial charge is 0.0539 e. The highest BCUT2D eigenvalue weighted by molar-refractivity contribution is 5.47. The number of para-hydroxylation sites is 1. The van der Waals surface area contributed by atoms with Gasteiger partial charge in [0.2, 0.25) is 0 Å². The number of hydrogen-bond donors (Lipinski definition) is 1. The second kappa shape index (κ2) is 4.64. The molecule has 15 heavy (non-hydrogen) atoms. The molecule has 1 heterocycles. The van der Waals surface area contributed by atoms with E-state index in [0.717, 1.165) is 26.2 Å². The third-order valence-corrected chi connectivity index (χ3v) is 3.05. The SMILES string of the molecule is CN1CCN(c2ccccc2)C(CN)C1. The van der Waals surface area contributed by atoms with Gasteiger partial charge in [-0.15, -0.1) is 0 Å². The van der Waals surface area contributed by atoms with Crippen molar-refractivity contribution in [2.75, 3.05) is 38.1 Å². The van der Waals surface area contributed by atoms with Gasteiger partial charge in [-0.05, 0) is 19.2 Å². The molecule has 1 aromatic carbocycles. The van der Waals surface area contributed by atoms with Crippen molar-refractivity contribution in [1.82, 2.24) is 4.90 Å². The van der Waals surface area contributed by atoms with Gasteiger partial charge in [0.1, 0.15) is 0 Å². The van der Waals surface area contributed by atoms with E-state index in [1.165, 1.54) is 5.69 Å². The minimum absolute atomic E-state index is 0.450. The van der Waals surface area contributed by atoms with Gasteiger partial charge in [0.15, 0.2) is 0 Å². The summed E-state index contributed by atoms with van der Waals surface area (Å²) in [5, 5.41) is 0. The van der Waals surface area contributed by atoms with Crippen LogP contribution >= 0.6 is 0 Å². The summed E-state index contributed by atoms with van der Waals surface area (Å²) in [7, 11) is 2.16. The lowest BCUT2D eigenvalue weighted by Crippen LogP contribution is -2.55. The lowest BCUT2D eigenvalue weighted by Gasteiger charge is -2.41. The van der Waals surface area contributed by atoms with E-state index in [1.807, 2.05) is 0 Å². The normalized spacial score (nSPS) is 23.1. The zero-order valence-corrected chi connectivity index (χ0v) is 9.26. The van der Waals surface area contributed by atoms with Crippen molar-refractivity contribution in [3.8, 4) is 0 Å². The molecule has 0 aromatic heterocycles. The lowest BCUT2D eigenvalue weighted by atomic mass is 10.1. The summed E-state index contributed by atoms with van der Waals surface area (Å²) in [6, 6.07) is 11.0. The second-order valence-electron chi connectivity index (χ2n) is 4.18. The van der Waals surface area contributed by atoms with Gasteiger partial charge in [-0.25, -0.2) is 0 Å². The number of anilines is 1. The molecule has 82 valence electrons. The maximum Gasteiger partial charge on any atom is 0.0539 e. The molecule has 3 heteroatoms. The molecule has 0 aliphatic carbocycles. The van der Waals surface area contributed by atoms with Crippen LogP contribution in [-0.2, 0) is 0 Å². The summed E-state index contributed by atoms with van der Waals surface area (Å²) in [6.45, 7) is 3.97. The topological polar surface area (TPSA) is 32.5 Å². The molecule has 0 radical (unpaired) electrons. The third-order valence-electron chi connectivity index (χ3n) is 3.05. The van der Waals surface area contributed by atoms with E-state index in [1.54, 1.807) is 0 Å². The van der Waals surface area contributed by atoms with Crippen LogP contribution in [0.3, 0.4) is 0 Å². The number of nitrogens with two attached hydrogens (primary N) is 1. The molecule has 1 aliphatic rings. The van der Waals surface area contributed by atoms with Crippen LogP contribution in [0, 0.1) is 0 Å². The summed E-state index contributed by atoms with van der Waals surface area (Å²) >= 11 is 0. The predicted molar refractivity (Wildman–Crippen MR) is 64.1 cm³/mol. The molecule has 0 bridgehead atoms. The highest BCUT2D eigenvalue weighted by atomic mass is 15.3. The van der Waals surface area contributed by atoms with Gasteiger partial charge in [0.25, 0.3) is 0 Å². The number of piperazine rings is 1. The fourth-order valence-corrected chi connectivity index (χ4v) is 2.17. The molecule has 3 nitrogen and oxygen atoms in total. The van der Waals surface area contributed by atoms with Gasteiger partial charge >= 0.3 is 0 Å². The fraction of sp³-hybridized carbons (Fsp3) is 0.500. The molecular formula is C12H19N3. The molecule has 1 atom stereocenters. The molecule has 2 rings (SSSR count). The van der Waals surface area contributed by atoms with Gasteiger partial charge in [0.05, 0.1) is 6.04 Å². The first kappa shape index (κ1) is 10.5. The van der Waals surface area contributed by atoms with E-state index in [4.69, 9.17) is 5.73 Å². The van der Waals surface area contributed by atoms with Crippen LogP contribution < -0.4 is 10.6 Å². The summed E-state index contributed by atoms with van der Waals surface area (Å²) in [6.07, 6.45) is 0. The third kappa shape index (κ3) is 2.30. The zero-order valence-electron chi connectivity index (χ0n) is 9.26. The van der Waals surface area contributed by atoms with Crippen molar-refractivity contribution in [3.63, 3.8) is 0 Å². The summed E-state index contributed by atoms with van der Waals surface area (Å²) < 4.78 is 0. The van der Waals surface area contributed by atoms with Gasteiger partial charge < -0.3 is 15.5 Å². The molecule has 0 saturated carbocycles. The molecule has 1 fully saturated rings. The number of rotatable bonds is 2. The Bertz CT molecular complexity index is 299. The fourth-order valence-electron chi connectivity index (χ4n) is 2.17. The highest BCUT2D eigenvalue weighted by Crippen LogP contribution is 2.18. The van der Waals surface area contributed by atoms with E-state index in [2.05, 4.69) is 47.2 Å². The average Bonchev–Trinajstić information content (AvgIpc) is 2.30. The maximum atomic E-state index is 5.82. The number of nitrogens with zero attached hydrogens (tertiary/aromatic N) is 2. The quantitative estimate of drug-likeness (QED) is 0.774. The first-order valence-electron chi connectivity index (χ1n) is 5.51. The molecule has 0 amide bonds. The molecule has 1 aromatic rings. The Kier molecular flexibility index (Phi) is 3.23. The maximum absolute atomic E-state index is 5.82. The minimum Gasteiger partial charge on any atom is -0.365 e. The first-order chi connectivity index (χ1) is 7.31. The summed E-state index contributed by atoms with van der Waals surface area (Å²) in [5.74, 6) is 0. The first-order valence-corrected chi connectivity index (χ1v) is 5.51. The van der Waals surface area contributed by atoms with Crippen molar-refractivity contribution >= 4 is 5.69 Å². The Labute approximate surface area is 91.5 Å². The van der Waals surface area contributed by atoms with Crippen LogP contribution in [0.2, 0.25) is 0 Å². The number of benzene rings is 1. The summed E-state index contributed by atoms with van der Waals surface area (Å²) in [5.41, 5.74) is 7.12. The van der Waals surface area contributed by atoms with Gasteiger partial charge in [0, 0.05) is 31.9 Å². The van der Waals surface area contributed by atoms with E-state index < -0.39 is 0 Å². The van der Waals surface area contributed by atoms with Crippen LogP contribution in [0.25, 0.3) is 0 Å². The van der Waals surface area contributed by atoms with Crippen LogP contribution in [-0.4, -0.2) is 44.2 Å². The minimum atomic E-state index is 0.450. The lowest BCUT2D eigenvalue weighted by molar-refractivity contribution is 0.270. The molecule has 1 saturated heterocycles. The van der Waals surface area contributed by atoms with Crippen molar-refractivity contribution < 1.29 is 0 Å². The van der Waals surface area contributed by atoms with Crippen LogP contribution in [0.4, 0.5) is 5.69 Å². The average molecular weight is 205 g/mol. The number of likely N-dealkylation sites (N-methyl/N-ethyl adjacent to an activating group) is 1. The van der Waals surface area contributed by atoms with Crippen LogP contribution in [0.15, 0.2) is 30.3 Å². The Morgan fingerprint density at radius 3 is 2.67 bits per heavy atom. The Hall–Kier alpha value is -1.06. The van der Waals surface area contributed by atoms with E-state index in [0.29, 0.717) is 6.04 Å². The predicted octanol–water partition coefficient (Wildman–Crippen LogP) is 0.766. The Morgan fingerprint density at radius 1 is 1.27 bits per heavy atom. The molecule has 2 N–H and O–H groups in total. The Balaban J connectivity index is 2.14. The van der Waals surface area contributed by atoms with Crippen molar-refractivity contribution in [2.45, 2.75) is 6.04 Å². The second-order valence-corrected chi connectivity index (χ2v) is 4.18. The van der Waals surface area contributed by atoms with Crippen molar-refractivity contribution in [2.24, 2.45) is 5.73 Å². The van der Waals surface area contributed by atoms with Crippen LogP contribution in [0.5, 0.6) is 0 Å².